The molecule has 3 atom stereocenters. The molecule has 1 N–H and O–H groups in total. The second kappa shape index (κ2) is 3.43. The molecular formula is C11H19NO. The molecule has 0 spiro atoms. The van der Waals surface area contributed by atoms with Crippen molar-refractivity contribution in [3.8, 4) is 0 Å². The highest BCUT2D eigenvalue weighted by Crippen LogP contribution is 2.41. The summed E-state index contributed by atoms with van der Waals surface area (Å²) in [6, 6.07) is 1.38. The molecule has 0 aromatic heterocycles. The van der Waals surface area contributed by atoms with E-state index in [0.717, 1.165) is 12.6 Å². The Morgan fingerprint density at radius 1 is 1.54 bits per heavy atom. The number of nitrogens with zero attached hydrogens (tertiary/aromatic N) is 1. The minimum Gasteiger partial charge on any atom is -0.396 e. The number of hydrogen-bond acceptors (Lipinski definition) is 2. The van der Waals surface area contributed by atoms with E-state index >= 15 is 0 Å². The van der Waals surface area contributed by atoms with Crippen LogP contribution >= 0.6 is 0 Å². The minimum absolute atomic E-state index is 0.369. The average molecular weight is 181 g/mol. The Hall–Kier alpha value is -0.340. The van der Waals surface area contributed by atoms with E-state index in [0.29, 0.717) is 18.6 Å². The first kappa shape index (κ1) is 9.22. The fourth-order valence-electron chi connectivity index (χ4n) is 2.99. The van der Waals surface area contributed by atoms with Crippen LogP contribution in [0.2, 0.25) is 0 Å². The second-order valence-electron chi connectivity index (χ2n) is 4.61. The lowest BCUT2D eigenvalue weighted by atomic mass is 9.90. The Kier molecular flexibility index (Phi) is 2.43. The molecule has 2 rings (SSSR count). The van der Waals surface area contributed by atoms with Gasteiger partial charge in [-0.3, -0.25) is 4.90 Å². The van der Waals surface area contributed by atoms with Crippen LogP contribution in [0.4, 0.5) is 0 Å². The molecule has 2 heterocycles. The predicted molar refractivity (Wildman–Crippen MR) is 53.5 cm³/mol. The van der Waals surface area contributed by atoms with Gasteiger partial charge in [0.05, 0.1) is 0 Å². The fourth-order valence-corrected chi connectivity index (χ4v) is 2.99. The predicted octanol–water partition coefficient (Wildman–Crippen LogP) is 1.41. The molecule has 2 heteroatoms. The van der Waals surface area contributed by atoms with Gasteiger partial charge < -0.3 is 5.11 Å². The maximum absolute atomic E-state index is 9.19. The third-order valence-electron chi connectivity index (χ3n) is 3.50. The Morgan fingerprint density at radius 3 is 2.85 bits per heavy atom. The molecule has 2 nitrogen and oxygen atoms in total. The molecule has 2 fully saturated rings. The zero-order valence-electron chi connectivity index (χ0n) is 8.37. The molecule has 2 bridgehead atoms. The summed E-state index contributed by atoms with van der Waals surface area (Å²) in [5.41, 5.74) is 1.25. The summed E-state index contributed by atoms with van der Waals surface area (Å²) in [4.78, 5) is 2.54. The number of aliphatic hydroxyl groups excluding tert-OH is 1. The molecule has 2 saturated heterocycles. The van der Waals surface area contributed by atoms with E-state index in [-0.39, 0.29) is 0 Å². The van der Waals surface area contributed by atoms with Crippen LogP contribution in [0, 0.1) is 5.92 Å². The fraction of sp³-hybridized carbons (Fsp3) is 0.818. The van der Waals surface area contributed by atoms with Crippen LogP contribution in [0.25, 0.3) is 0 Å². The first-order valence-electron chi connectivity index (χ1n) is 5.23. The van der Waals surface area contributed by atoms with E-state index in [1.165, 1.54) is 24.8 Å². The molecule has 0 aromatic carbocycles. The third-order valence-corrected chi connectivity index (χ3v) is 3.50. The number of aliphatic hydroxyl groups is 1. The number of rotatable bonds is 3. The highest BCUT2D eigenvalue weighted by atomic mass is 16.3. The summed E-state index contributed by atoms with van der Waals surface area (Å²) in [6.07, 6.45) is 3.81. The van der Waals surface area contributed by atoms with E-state index in [4.69, 9.17) is 0 Å². The van der Waals surface area contributed by atoms with E-state index in [9.17, 15) is 5.11 Å². The first-order valence-corrected chi connectivity index (χ1v) is 5.23. The summed E-state index contributed by atoms with van der Waals surface area (Å²) in [5.74, 6) is 0.540. The van der Waals surface area contributed by atoms with Gasteiger partial charge in [0.2, 0.25) is 0 Å². The van der Waals surface area contributed by atoms with Crippen LogP contribution in [0.15, 0.2) is 12.2 Å². The summed E-state index contributed by atoms with van der Waals surface area (Å²) >= 11 is 0. The normalized spacial score (nSPS) is 38.5. The second-order valence-corrected chi connectivity index (χ2v) is 4.61. The SMILES string of the molecule is C=C(C)CN1C2CCC1C(CO)C2. The molecule has 0 aromatic rings. The molecule has 74 valence electrons. The van der Waals surface area contributed by atoms with Crippen molar-refractivity contribution in [3.63, 3.8) is 0 Å². The third kappa shape index (κ3) is 1.53. The van der Waals surface area contributed by atoms with Crippen LogP contribution in [0.5, 0.6) is 0 Å². The Bertz CT molecular complexity index is 214. The summed E-state index contributed by atoms with van der Waals surface area (Å²) < 4.78 is 0. The van der Waals surface area contributed by atoms with Crippen molar-refractivity contribution < 1.29 is 5.11 Å². The smallest absolute Gasteiger partial charge is 0.0474 e. The van der Waals surface area contributed by atoms with Gasteiger partial charge in [-0.1, -0.05) is 12.2 Å². The Labute approximate surface area is 80.2 Å². The number of hydrogen-bond donors (Lipinski definition) is 1. The molecule has 2 aliphatic heterocycles. The quantitative estimate of drug-likeness (QED) is 0.665. The van der Waals surface area contributed by atoms with Gasteiger partial charge in [0.25, 0.3) is 0 Å². The van der Waals surface area contributed by atoms with Crippen molar-refractivity contribution in [2.45, 2.75) is 38.3 Å². The molecular weight excluding hydrogens is 162 g/mol. The molecule has 0 amide bonds. The molecule has 3 unspecified atom stereocenters. The molecule has 0 radical (unpaired) electrons. The van der Waals surface area contributed by atoms with E-state index in [1.807, 2.05) is 0 Å². The molecule has 2 aliphatic rings. The van der Waals surface area contributed by atoms with Crippen LogP contribution in [0.3, 0.4) is 0 Å². The topological polar surface area (TPSA) is 23.5 Å². The Balaban J connectivity index is 2.02. The van der Waals surface area contributed by atoms with Crippen molar-refractivity contribution in [1.29, 1.82) is 0 Å². The monoisotopic (exact) mass is 181 g/mol. The molecule has 13 heavy (non-hydrogen) atoms. The lowest BCUT2D eigenvalue weighted by Gasteiger charge is -2.23. The van der Waals surface area contributed by atoms with Gasteiger partial charge in [0.15, 0.2) is 0 Å². The van der Waals surface area contributed by atoms with Crippen molar-refractivity contribution in [1.82, 2.24) is 4.90 Å². The zero-order chi connectivity index (χ0) is 9.42. The lowest BCUT2D eigenvalue weighted by Crippen LogP contribution is -2.32. The van der Waals surface area contributed by atoms with Crippen LogP contribution in [-0.4, -0.2) is 35.2 Å². The summed E-state index contributed by atoms with van der Waals surface area (Å²) in [7, 11) is 0. The first-order chi connectivity index (χ1) is 6.22. The lowest BCUT2D eigenvalue weighted by molar-refractivity contribution is 0.180. The standard InChI is InChI=1S/C11H19NO/c1-8(2)6-12-10-3-4-11(12)9(5-10)7-13/h9-11,13H,1,3-7H2,2H3. The van der Waals surface area contributed by atoms with Crippen molar-refractivity contribution in [2.24, 2.45) is 5.92 Å². The summed E-state index contributed by atoms with van der Waals surface area (Å²) in [6.45, 7) is 7.45. The van der Waals surface area contributed by atoms with E-state index in [1.54, 1.807) is 0 Å². The van der Waals surface area contributed by atoms with Crippen molar-refractivity contribution in [2.75, 3.05) is 13.2 Å². The van der Waals surface area contributed by atoms with Crippen molar-refractivity contribution in [3.05, 3.63) is 12.2 Å². The van der Waals surface area contributed by atoms with E-state index in [2.05, 4.69) is 18.4 Å². The van der Waals surface area contributed by atoms with E-state index < -0.39 is 0 Å². The maximum Gasteiger partial charge on any atom is 0.0474 e. The molecule has 0 aliphatic carbocycles. The largest absolute Gasteiger partial charge is 0.396 e. The van der Waals surface area contributed by atoms with Crippen LogP contribution < -0.4 is 0 Å². The highest BCUT2D eigenvalue weighted by Gasteiger charge is 2.45. The Morgan fingerprint density at radius 2 is 2.31 bits per heavy atom. The van der Waals surface area contributed by atoms with Crippen molar-refractivity contribution >= 4 is 0 Å². The van der Waals surface area contributed by atoms with Crippen LogP contribution in [0.1, 0.15) is 26.2 Å². The van der Waals surface area contributed by atoms with Gasteiger partial charge in [-0.25, -0.2) is 0 Å². The minimum atomic E-state index is 0.369. The van der Waals surface area contributed by atoms with Gasteiger partial charge >= 0.3 is 0 Å². The zero-order valence-corrected chi connectivity index (χ0v) is 8.37. The highest BCUT2D eigenvalue weighted by molar-refractivity contribution is 5.05. The number of fused-ring (bicyclic) bond motifs is 2. The van der Waals surface area contributed by atoms with Gasteiger partial charge in [-0.15, -0.1) is 0 Å². The van der Waals surface area contributed by atoms with Gasteiger partial charge in [-0.2, -0.15) is 0 Å². The van der Waals surface area contributed by atoms with Gasteiger partial charge in [0.1, 0.15) is 0 Å². The van der Waals surface area contributed by atoms with Crippen LogP contribution in [-0.2, 0) is 0 Å². The summed E-state index contributed by atoms with van der Waals surface area (Å²) in [5, 5.41) is 9.19. The van der Waals surface area contributed by atoms with Gasteiger partial charge in [0, 0.05) is 25.2 Å². The molecule has 0 saturated carbocycles. The maximum atomic E-state index is 9.19. The van der Waals surface area contributed by atoms with Gasteiger partial charge in [-0.05, 0) is 32.1 Å². The average Bonchev–Trinajstić information content (AvgIpc) is 2.61.